The Morgan fingerprint density at radius 2 is 1.79 bits per heavy atom. The van der Waals surface area contributed by atoms with Crippen LogP contribution in [0.15, 0.2) is 29.3 Å². The SMILES string of the molecule is CCc1ccc(COC(C2OC3SC(N(C)C)=NC3C(O)C2O)C(F)(F)F)cc1. The Morgan fingerprint density at radius 3 is 2.34 bits per heavy atom. The first kappa shape index (κ1) is 22.4. The van der Waals surface area contributed by atoms with Crippen molar-refractivity contribution in [1.29, 1.82) is 0 Å². The molecule has 2 aliphatic heterocycles. The average Bonchev–Trinajstić information content (AvgIpc) is 3.10. The van der Waals surface area contributed by atoms with Crippen LogP contribution < -0.4 is 0 Å². The zero-order chi connectivity index (χ0) is 21.3. The van der Waals surface area contributed by atoms with E-state index in [9.17, 15) is 23.4 Å². The Hall–Kier alpha value is -1.33. The minimum absolute atomic E-state index is 0.294. The fourth-order valence-corrected chi connectivity index (χ4v) is 4.42. The second-order valence-electron chi connectivity index (χ2n) is 7.31. The lowest BCUT2D eigenvalue weighted by molar-refractivity contribution is -0.286. The van der Waals surface area contributed by atoms with Gasteiger partial charge in [-0.2, -0.15) is 13.2 Å². The lowest BCUT2D eigenvalue weighted by atomic mass is 9.94. The summed E-state index contributed by atoms with van der Waals surface area (Å²) in [5.74, 6) is 0. The molecule has 1 saturated heterocycles. The fraction of sp³-hybridized carbons (Fsp3) is 0.632. The van der Waals surface area contributed by atoms with E-state index in [0.29, 0.717) is 10.7 Å². The van der Waals surface area contributed by atoms with Crippen molar-refractivity contribution in [2.45, 2.75) is 62.0 Å². The van der Waals surface area contributed by atoms with Crippen LogP contribution in [0.1, 0.15) is 18.1 Å². The minimum atomic E-state index is -4.78. The highest BCUT2D eigenvalue weighted by atomic mass is 32.2. The topological polar surface area (TPSA) is 74.5 Å². The molecule has 1 aromatic carbocycles. The van der Waals surface area contributed by atoms with E-state index in [0.717, 1.165) is 23.7 Å². The van der Waals surface area contributed by atoms with Crippen molar-refractivity contribution in [3.05, 3.63) is 35.4 Å². The molecule has 0 amide bonds. The number of rotatable bonds is 5. The maximum Gasteiger partial charge on any atom is 0.417 e. The number of ether oxygens (including phenoxy) is 2. The number of fused-ring (bicyclic) bond motifs is 1. The van der Waals surface area contributed by atoms with Crippen molar-refractivity contribution < 1.29 is 32.9 Å². The molecule has 0 aliphatic carbocycles. The highest BCUT2D eigenvalue weighted by molar-refractivity contribution is 8.14. The Labute approximate surface area is 171 Å². The van der Waals surface area contributed by atoms with Gasteiger partial charge in [-0.15, -0.1) is 0 Å². The molecule has 162 valence electrons. The zero-order valence-corrected chi connectivity index (χ0v) is 17.2. The number of benzene rings is 1. The quantitative estimate of drug-likeness (QED) is 0.740. The summed E-state index contributed by atoms with van der Waals surface area (Å²) < 4.78 is 51.9. The molecule has 3 rings (SSSR count). The number of hydrogen-bond acceptors (Lipinski definition) is 7. The van der Waals surface area contributed by atoms with Gasteiger partial charge < -0.3 is 24.6 Å². The van der Waals surface area contributed by atoms with Gasteiger partial charge in [0.05, 0.1) is 6.61 Å². The molecule has 2 heterocycles. The number of amidine groups is 1. The van der Waals surface area contributed by atoms with Crippen molar-refractivity contribution in [3.8, 4) is 0 Å². The smallest absolute Gasteiger partial charge is 0.388 e. The summed E-state index contributed by atoms with van der Waals surface area (Å²) in [4.78, 5) is 5.93. The maximum atomic E-state index is 13.7. The van der Waals surface area contributed by atoms with E-state index in [1.807, 2.05) is 19.1 Å². The molecule has 0 aromatic heterocycles. The van der Waals surface area contributed by atoms with Gasteiger partial charge in [0, 0.05) is 14.1 Å². The van der Waals surface area contributed by atoms with E-state index in [2.05, 4.69) is 4.99 Å². The van der Waals surface area contributed by atoms with Gasteiger partial charge in [-0.05, 0) is 17.5 Å². The van der Waals surface area contributed by atoms with Gasteiger partial charge in [0.25, 0.3) is 0 Å². The van der Waals surface area contributed by atoms with E-state index in [4.69, 9.17) is 9.47 Å². The number of alkyl halides is 3. The monoisotopic (exact) mass is 434 g/mol. The largest absolute Gasteiger partial charge is 0.417 e. The molecule has 0 radical (unpaired) electrons. The van der Waals surface area contributed by atoms with Crippen LogP contribution in [0, 0.1) is 0 Å². The van der Waals surface area contributed by atoms with Gasteiger partial charge in [-0.1, -0.05) is 43.0 Å². The Balaban J connectivity index is 1.75. The van der Waals surface area contributed by atoms with Crippen LogP contribution in [0.5, 0.6) is 0 Å². The fourth-order valence-electron chi connectivity index (χ4n) is 3.27. The number of aryl methyl sites for hydroxylation is 1. The molecular weight excluding hydrogens is 409 g/mol. The van der Waals surface area contributed by atoms with E-state index < -0.39 is 42.1 Å². The number of thioether (sulfide) groups is 1. The third kappa shape index (κ3) is 4.88. The first-order chi connectivity index (χ1) is 13.6. The summed E-state index contributed by atoms with van der Waals surface area (Å²) in [7, 11) is 3.46. The summed E-state index contributed by atoms with van der Waals surface area (Å²) in [5, 5.41) is 21.3. The maximum absolute atomic E-state index is 13.7. The lowest BCUT2D eigenvalue weighted by Crippen LogP contribution is -2.61. The molecule has 2 aliphatic rings. The Kier molecular flexibility index (Phi) is 6.79. The normalized spacial score (nSPS) is 30.6. The van der Waals surface area contributed by atoms with Crippen LogP contribution in [0.25, 0.3) is 0 Å². The second kappa shape index (κ2) is 8.81. The van der Waals surface area contributed by atoms with Gasteiger partial charge in [0.15, 0.2) is 11.3 Å². The van der Waals surface area contributed by atoms with Crippen molar-refractivity contribution in [2.75, 3.05) is 14.1 Å². The summed E-state index contributed by atoms with van der Waals surface area (Å²) in [5.41, 5.74) is 0.818. The highest BCUT2D eigenvalue weighted by Gasteiger charge is 2.57. The summed E-state index contributed by atoms with van der Waals surface area (Å²) in [6.07, 6.45) is -11.4. The van der Waals surface area contributed by atoms with Gasteiger partial charge >= 0.3 is 6.18 Å². The predicted molar refractivity (Wildman–Crippen MR) is 104 cm³/mol. The predicted octanol–water partition coefficient (Wildman–Crippen LogP) is 2.18. The van der Waals surface area contributed by atoms with Crippen molar-refractivity contribution in [2.24, 2.45) is 4.99 Å². The molecule has 0 spiro atoms. The Morgan fingerprint density at radius 1 is 1.17 bits per heavy atom. The number of halogens is 3. The molecule has 6 atom stereocenters. The Bertz CT molecular complexity index is 729. The molecule has 29 heavy (non-hydrogen) atoms. The van der Waals surface area contributed by atoms with E-state index in [1.54, 1.807) is 31.1 Å². The highest BCUT2D eigenvalue weighted by Crippen LogP contribution is 2.41. The number of aliphatic hydroxyl groups is 2. The van der Waals surface area contributed by atoms with Gasteiger partial charge in [-0.25, -0.2) is 0 Å². The molecule has 10 heteroatoms. The molecule has 6 nitrogen and oxygen atoms in total. The molecule has 0 saturated carbocycles. The minimum Gasteiger partial charge on any atom is -0.388 e. The van der Waals surface area contributed by atoms with Crippen LogP contribution >= 0.6 is 11.8 Å². The summed E-state index contributed by atoms with van der Waals surface area (Å²) >= 11 is 1.12. The molecule has 2 N–H and O–H groups in total. The first-order valence-corrected chi connectivity index (χ1v) is 10.2. The molecule has 6 unspecified atom stereocenters. The zero-order valence-electron chi connectivity index (χ0n) is 16.3. The van der Waals surface area contributed by atoms with Crippen LogP contribution in [0.4, 0.5) is 13.2 Å². The van der Waals surface area contributed by atoms with Crippen molar-refractivity contribution in [1.82, 2.24) is 4.90 Å². The van der Waals surface area contributed by atoms with Crippen molar-refractivity contribution >= 4 is 16.9 Å². The number of aliphatic hydroxyl groups excluding tert-OH is 2. The third-order valence-electron chi connectivity index (χ3n) is 4.95. The van der Waals surface area contributed by atoms with Crippen molar-refractivity contribution in [3.63, 3.8) is 0 Å². The van der Waals surface area contributed by atoms with Gasteiger partial charge in [-0.3, -0.25) is 4.99 Å². The van der Waals surface area contributed by atoms with Crippen LogP contribution in [-0.2, 0) is 22.5 Å². The molecular formula is C19H25F3N2O4S. The third-order valence-corrected chi connectivity index (χ3v) is 6.26. The summed E-state index contributed by atoms with van der Waals surface area (Å²) in [6.45, 7) is 1.69. The standard InChI is InChI=1S/C19H25F3N2O4S/c1-4-10-5-7-11(8-6-10)9-27-16(19(20,21)22)15-14(26)13(25)12-17(28-15)29-18(23-12)24(2)3/h5-8,12-17,25-26H,4,9H2,1-3H3. The van der Waals surface area contributed by atoms with Gasteiger partial charge in [0.2, 0.25) is 0 Å². The van der Waals surface area contributed by atoms with Gasteiger partial charge in [0.1, 0.15) is 29.8 Å². The van der Waals surface area contributed by atoms with E-state index in [1.165, 1.54) is 0 Å². The van der Waals surface area contributed by atoms with E-state index in [-0.39, 0.29) is 6.61 Å². The number of nitrogens with zero attached hydrogens (tertiary/aromatic N) is 2. The molecule has 1 aromatic rings. The lowest BCUT2D eigenvalue weighted by Gasteiger charge is -2.41. The molecule has 1 fully saturated rings. The van der Waals surface area contributed by atoms with Crippen LogP contribution in [-0.4, -0.2) is 76.4 Å². The van der Waals surface area contributed by atoms with Crippen LogP contribution in [0.2, 0.25) is 0 Å². The number of hydrogen-bond donors (Lipinski definition) is 2. The van der Waals surface area contributed by atoms with E-state index >= 15 is 0 Å². The first-order valence-electron chi connectivity index (χ1n) is 9.31. The average molecular weight is 434 g/mol. The summed E-state index contributed by atoms with van der Waals surface area (Å²) in [6, 6.07) is 6.24. The molecule has 0 bridgehead atoms. The second-order valence-corrected chi connectivity index (χ2v) is 8.37. The van der Waals surface area contributed by atoms with Crippen LogP contribution in [0.3, 0.4) is 0 Å². The number of aliphatic imine (C=N–C) groups is 1.